The molecule has 6 heteroatoms. The zero-order valence-electron chi connectivity index (χ0n) is 11.3. The molecule has 1 aromatic heterocycles. The maximum atomic E-state index is 12.4. The molecule has 1 saturated carbocycles. The second-order valence-electron chi connectivity index (χ2n) is 5.97. The van der Waals surface area contributed by atoms with Gasteiger partial charge in [0.15, 0.2) is 4.77 Å². The minimum absolute atomic E-state index is 0.289. The molecule has 5 nitrogen and oxygen atoms in total. The van der Waals surface area contributed by atoms with Crippen LogP contribution in [0.3, 0.4) is 0 Å². The normalized spacial score (nSPS) is 16.0. The predicted octanol–water partition coefficient (Wildman–Crippen LogP) is 1.24. The van der Waals surface area contributed by atoms with E-state index in [-0.39, 0.29) is 11.4 Å². The zero-order chi connectivity index (χ0) is 13.7. The first kappa shape index (κ1) is 13.3. The third-order valence-corrected chi connectivity index (χ3v) is 3.72. The van der Waals surface area contributed by atoms with E-state index < -0.39 is 5.54 Å². The Morgan fingerprint density at radius 3 is 2.22 bits per heavy atom. The molecule has 0 atom stereocenters. The Hall–Kier alpha value is -1.17. The average Bonchev–Trinajstić information content (AvgIpc) is 3.03. The summed E-state index contributed by atoms with van der Waals surface area (Å²) in [5.41, 5.74) is -1.17. The van der Waals surface area contributed by atoms with E-state index in [0.717, 1.165) is 12.8 Å². The van der Waals surface area contributed by atoms with Gasteiger partial charge in [-0.15, -0.1) is 0 Å². The fourth-order valence-corrected chi connectivity index (χ4v) is 2.22. The lowest BCUT2D eigenvalue weighted by Gasteiger charge is -2.23. The Bertz CT molecular complexity index is 641. The van der Waals surface area contributed by atoms with Gasteiger partial charge in [0, 0.05) is 19.1 Å². The van der Waals surface area contributed by atoms with Crippen LogP contribution in [0.15, 0.2) is 9.59 Å². The number of aromatic nitrogens is 3. The van der Waals surface area contributed by atoms with Crippen LogP contribution in [0.2, 0.25) is 0 Å². The number of hydrogen-bond acceptors (Lipinski definition) is 3. The van der Waals surface area contributed by atoms with Gasteiger partial charge >= 0.3 is 11.4 Å². The zero-order valence-corrected chi connectivity index (χ0v) is 12.1. The van der Waals surface area contributed by atoms with E-state index in [1.807, 2.05) is 20.8 Å². The first-order chi connectivity index (χ1) is 8.23. The molecule has 0 bridgehead atoms. The maximum absolute atomic E-state index is 12.4. The fraction of sp³-hybridized carbons (Fsp3) is 0.750. The maximum Gasteiger partial charge on any atom is 0.334 e. The van der Waals surface area contributed by atoms with Gasteiger partial charge < -0.3 is 0 Å². The molecule has 100 valence electrons. The highest BCUT2D eigenvalue weighted by Crippen LogP contribution is 2.30. The topological polar surface area (TPSA) is 48.9 Å². The molecule has 1 aromatic rings. The Morgan fingerprint density at radius 2 is 1.78 bits per heavy atom. The van der Waals surface area contributed by atoms with E-state index in [2.05, 4.69) is 0 Å². The van der Waals surface area contributed by atoms with Crippen molar-refractivity contribution in [3.8, 4) is 0 Å². The van der Waals surface area contributed by atoms with E-state index in [4.69, 9.17) is 12.2 Å². The molecule has 1 aliphatic carbocycles. The predicted molar refractivity (Wildman–Crippen MR) is 72.5 cm³/mol. The molecule has 18 heavy (non-hydrogen) atoms. The molecule has 0 radical (unpaired) electrons. The smallest absolute Gasteiger partial charge is 0.273 e. The highest BCUT2D eigenvalue weighted by molar-refractivity contribution is 7.71. The second-order valence-corrected chi connectivity index (χ2v) is 6.33. The third-order valence-electron chi connectivity index (χ3n) is 3.23. The van der Waals surface area contributed by atoms with Crippen LogP contribution in [-0.4, -0.2) is 13.7 Å². The quantitative estimate of drug-likeness (QED) is 0.759. The van der Waals surface area contributed by atoms with Crippen molar-refractivity contribution < 1.29 is 0 Å². The number of rotatable bonds is 2. The van der Waals surface area contributed by atoms with Crippen LogP contribution >= 0.6 is 12.2 Å². The monoisotopic (exact) mass is 269 g/mol. The van der Waals surface area contributed by atoms with Crippen molar-refractivity contribution in [3.05, 3.63) is 25.7 Å². The lowest BCUT2D eigenvalue weighted by atomic mass is 10.1. The van der Waals surface area contributed by atoms with E-state index in [1.165, 1.54) is 9.13 Å². The summed E-state index contributed by atoms with van der Waals surface area (Å²) < 4.78 is 4.53. The minimum atomic E-state index is -0.541. The van der Waals surface area contributed by atoms with Gasteiger partial charge in [-0.3, -0.25) is 9.13 Å². The summed E-state index contributed by atoms with van der Waals surface area (Å²) in [4.78, 5) is 24.6. The van der Waals surface area contributed by atoms with Crippen molar-refractivity contribution in [2.75, 3.05) is 0 Å². The Morgan fingerprint density at radius 1 is 1.22 bits per heavy atom. The lowest BCUT2D eigenvalue weighted by molar-refractivity contribution is 0.327. The molecule has 0 saturated heterocycles. The van der Waals surface area contributed by atoms with Gasteiger partial charge in [-0.2, -0.15) is 0 Å². The van der Waals surface area contributed by atoms with Crippen molar-refractivity contribution in [3.63, 3.8) is 0 Å². The average molecular weight is 269 g/mol. The third kappa shape index (κ3) is 2.21. The van der Waals surface area contributed by atoms with Gasteiger partial charge in [0.05, 0.1) is 0 Å². The Labute approximate surface area is 111 Å². The van der Waals surface area contributed by atoms with Crippen LogP contribution in [0, 0.1) is 10.7 Å². The number of nitrogens with zero attached hydrogens (tertiary/aromatic N) is 3. The van der Waals surface area contributed by atoms with Crippen LogP contribution in [0.1, 0.15) is 33.6 Å². The van der Waals surface area contributed by atoms with Crippen LogP contribution < -0.4 is 11.4 Å². The first-order valence-electron chi connectivity index (χ1n) is 6.17. The summed E-state index contributed by atoms with van der Waals surface area (Å²) in [5.74, 6) is 0.537. The minimum Gasteiger partial charge on any atom is -0.273 e. The van der Waals surface area contributed by atoms with Crippen molar-refractivity contribution in [1.82, 2.24) is 13.7 Å². The molecule has 0 unspecified atom stereocenters. The highest BCUT2D eigenvalue weighted by atomic mass is 32.1. The molecule has 1 heterocycles. The molecule has 2 rings (SSSR count). The van der Waals surface area contributed by atoms with Gasteiger partial charge in [-0.1, -0.05) is 0 Å². The fourth-order valence-electron chi connectivity index (χ4n) is 1.99. The van der Waals surface area contributed by atoms with E-state index >= 15 is 0 Å². The summed E-state index contributed by atoms with van der Waals surface area (Å²) in [6.45, 7) is 6.17. The van der Waals surface area contributed by atoms with Gasteiger partial charge in [0.25, 0.3) is 0 Å². The van der Waals surface area contributed by atoms with Crippen molar-refractivity contribution in [2.45, 2.75) is 45.7 Å². The van der Waals surface area contributed by atoms with Crippen LogP contribution in [0.25, 0.3) is 0 Å². The molecule has 0 spiro atoms. The lowest BCUT2D eigenvalue weighted by Crippen LogP contribution is -2.51. The first-order valence-corrected chi connectivity index (χ1v) is 6.57. The Kier molecular flexibility index (Phi) is 3.09. The molecule has 1 fully saturated rings. The molecule has 1 aliphatic rings. The summed E-state index contributed by atoms with van der Waals surface area (Å²) in [7, 11) is 1.62. The van der Waals surface area contributed by atoms with E-state index in [1.54, 1.807) is 11.6 Å². The van der Waals surface area contributed by atoms with Gasteiger partial charge in [-0.25, -0.2) is 14.2 Å². The van der Waals surface area contributed by atoms with Crippen molar-refractivity contribution in [2.24, 2.45) is 13.0 Å². The Balaban J connectivity index is 2.75. The van der Waals surface area contributed by atoms with Crippen LogP contribution in [0.4, 0.5) is 0 Å². The molecule has 0 aromatic carbocycles. The van der Waals surface area contributed by atoms with Crippen molar-refractivity contribution >= 4 is 12.2 Å². The van der Waals surface area contributed by atoms with Gasteiger partial charge in [0.1, 0.15) is 0 Å². The molecule has 0 aliphatic heterocycles. The summed E-state index contributed by atoms with van der Waals surface area (Å²) in [6, 6.07) is 0. The summed E-state index contributed by atoms with van der Waals surface area (Å²) in [6.07, 6.45) is 2.28. The van der Waals surface area contributed by atoms with Gasteiger partial charge in [-0.05, 0) is 51.7 Å². The number of hydrogen-bond donors (Lipinski definition) is 0. The van der Waals surface area contributed by atoms with Gasteiger partial charge in [0.2, 0.25) is 0 Å². The standard InChI is InChI=1S/C12H19N3O2S/c1-12(2,3)15-9(16)13(4)11(18)14(10(15)17)7-8-5-6-8/h8H,5-7H2,1-4H3. The molecule has 0 amide bonds. The second kappa shape index (κ2) is 4.19. The molecular weight excluding hydrogens is 250 g/mol. The summed E-state index contributed by atoms with van der Waals surface area (Å²) in [5, 5.41) is 0. The molecular formula is C12H19N3O2S. The highest BCUT2D eigenvalue weighted by Gasteiger charge is 2.26. The van der Waals surface area contributed by atoms with Crippen LogP contribution in [0.5, 0.6) is 0 Å². The SMILES string of the molecule is Cn1c(=S)n(CC2CC2)c(=O)n(C(C)(C)C)c1=O. The van der Waals surface area contributed by atoms with E-state index in [0.29, 0.717) is 17.2 Å². The largest absolute Gasteiger partial charge is 0.334 e. The summed E-state index contributed by atoms with van der Waals surface area (Å²) >= 11 is 5.21. The van der Waals surface area contributed by atoms with Crippen molar-refractivity contribution in [1.29, 1.82) is 0 Å². The van der Waals surface area contributed by atoms with E-state index in [9.17, 15) is 9.59 Å². The van der Waals surface area contributed by atoms with Crippen LogP contribution in [-0.2, 0) is 19.1 Å². The molecule has 0 N–H and O–H groups in total.